The topological polar surface area (TPSA) is 65.2 Å². The molecule has 156 valence electrons. The zero-order valence-electron chi connectivity index (χ0n) is 16.4. The van der Waals surface area contributed by atoms with Crippen molar-refractivity contribution < 1.29 is 4.79 Å². The lowest BCUT2D eigenvalue weighted by molar-refractivity contribution is 0.0711. The predicted molar refractivity (Wildman–Crippen MR) is 118 cm³/mol. The number of halogens is 2. The molecule has 3 aliphatic rings. The van der Waals surface area contributed by atoms with Crippen molar-refractivity contribution in [2.45, 2.75) is 32.2 Å². The number of pyridine rings is 1. The molecule has 3 atom stereocenters. The Morgan fingerprint density at radius 3 is 2.72 bits per heavy atom. The molecule has 7 heteroatoms. The summed E-state index contributed by atoms with van der Waals surface area (Å²) in [5.41, 5.74) is 4.62. The third-order valence-corrected chi connectivity index (χ3v) is 6.65. The number of likely N-dealkylation sites (tertiary alicyclic amines) is 1. The smallest absolute Gasteiger partial charge is 0.261 e. The number of aryl methyl sites for hydroxylation is 3. The van der Waals surface area contributed by atoms with Crippen molar-refractivity contribution in [3.8, 4) is 0 Å². The molecule has 3 heterocycles. The predicted octanol–water partition coefficient (Wildman–Crippen LogP) is 3.05. The van der Waals surface area contributed by atoms with Crippen LogP contribution in [0.15, 0.2) is 35.1 Å². The van der Waals surface area contributed by atoms with E-state index in [0.717, 1.165) is 43.6 Å². The number of fused-ring (bicyclic) bond motifs is 2. The van der Waals surface area contributed by atoms with Crippen molar-refractivity contribution in [2.75, 3.05) is 19.6 Å². The van der Waals surface area contributed by atoms with Gasteiger partial charge in [0.1, 0.15) is 5.56 Å². The Balaban J connectivity index is 0.00000120. The van der Waals surface area contributed by atoms with Gasteiger partial charge < -0.3 is 15.2 Å². The lowest BCUT2D eigenvalue weighted by atomic mass is 9.87. The monoisotopic (exact) mass is 435 g/mol. The number of carbonyl (C=O) groups excluding carboxylic acids is 1. The number of H-pyrrole nitrogens is 1. The van der Waals surface area contributed by atoms with Gasteiger partial charge in [0.05, 0.1) is 6.04 Å². The SMILES string of the molecule is Cc1ccccc1[C@@H]1[C@H]2CNC[C@H]2CN1C(=O)c1cc2c([nH]c1=O)CCC2.Cl.Cl. The largest absolute Gasteiger partial charge is 0.331 e. The Hall–Kier alpha value is -1.82. The summed E-state index contributed by atoms with van der Waals surface area (Å²) in [4.78, 5) is 31.0. The van der Waals surface area contributed by atoms with E-state index in [9.17, 15) is 9.59 Å². The molecule has 5 rings (SSSR count). The van der Waals surface area contributed by atoms with E-state index in [2.05, 4.69) is 29.4 Å². The molecule has 2 aromatic rings. The number of hydrogen-bond acceptors (Lipinski definition) is 3. The number of nitrogens with one attached hydrogen (secondary N) is 2. The lowest BCUT2D eigenvalue weighted by Crippen LogP contribution is -2.37. The molecule has 2 aliphatic heterocycles. The number of rotatable bonds is 2. The molecule has 1 amide bonds. The van der Waals surface area contributed by atoms with Crippen LogP contribution in [-0.2, 0) is 12.8 Å². The maximum Gasteiger partial charge on any atom is 0.261 e. The molecular formula is C22H27Cl2N3O2. The minimum Gasteiger partial charge on any atom is -0.331 e. The number of nitrogens with zero attached hydrogens (tertiary/aromatic N) is 1. The van der Waals surface area contributed by atoms with Gasteiger partial charge in [-0.1, -0.05) is 24.3 Å². The molecule has 1 aromatic heterocycles. The van der Waals surface area contributed by atoms with Crippen molar-refractivity contribution >= 4 is 30.7 Å². The Morgan fingerprint density at radius 1 is 1.14 bits per heavy atom. The number of amides is 1. The van der Waals surface area contributed by atoms with E-state index in [1.807, 2.05) is 23.1 Å². The van der Waals surface area contributed by atoms with Crippen LogP contribution in [0.1, 0.15) is 45.2 Å². The third kappa shape index (κ3) is 3.60. The van der Waals surface area contributed by atoms with E-state index in [-0.39, 0.29) is 42.3 Å². The summed E-state index contributed by atoms with van der Waals surface area (Å²) in [6.45, 7) is 4.69. The van der Waals surface area contributed by atoms with E-state index < -0.39 is 0 Å². The molecule has 2 N–H and O–H groups in total. The maximum atomic E-state index is 13.5. The number of carbonyl (C=O) groups is 1. The average Bonchev–Trinajstić information content (AvgIpc) is 3.36. The average molecular weight is 436 g/mol. The van der Waals surface area contributed by atoms with Gasteiger partial charge in [-0.05, 0) is 54.9 Å². The fourth-order valence-corrected chi connectivity index (χ4v) is 5.27. The second-order valence-corrected chi connectivity index (χ2v) is 8.21. The van der Waals surface area contributed by atoms with Crippen LogP contribution in [0, 0.1) is 18.8 Å². The highest BCUT2D eigenvalue weighted by atomic mass is 35.5. The van der Waals surface area contributed by atoms with Crippen molar-refractivity contribution in [3.63, 3.8) is 0 Å². The van der Waals surface area contributed by atoms with Crippen molar-refractivity contribution in [3.05, 3.63) is 68.6 Å². The molecule has 0 unspecified atom stereocenters. The molecular weight excluding hydrogens is 409 g/mol. The summed E-state index contributed by atoms with van der Waals surface area (Å²) in [5, 5.41) is 3.48. The van der Waals surface area contributed by atoms with Crippen molar-refractivity contribution in [2.24, 2.45) is 11.8 Å². The van der Waals surface area contributed by atoms with Crippen LogP contribution in [0.2, 0.25) is 0 Å². The Labute approximate surface area is 183 Å². The van der Waals surface area contributed by atoms with E-state index in [4.69, 9.17) is 0 Å². The normalized spacial score (nSPS) is 24.4. The minimum atomic E-state index is -0.237. The first kappa shape index (κ1) is 21.9. The Morgan fingerprint density at radius 2 is 1.93 bits per heavy atom. The first-order valence-corrected chi connectivity index (χ1v) is 9.96. The number of aromatic amines is 1. The number of aromatic nitrogens is 1. The van der Waals surface area contributed by atoms with Gasteiger partial charge in [-0.3, -0.25) is 9.59 Å². The number of benzene rings is 1. The maximum absolute atomic E-state index is 13.5. The fraction of sp³-hybridized carbons (Fsp3) is 0.455. The van der Waals surface area contributed by atoms with Crippen LogP contribution in [-0.4, -0.2) is 35.4 Å². The van der Waals surface area contributed by atoms with Crippen LogP contribution in [0.25, 0.3) is 0 Å². The molecule has 2 fully saturated rings. The van der Waals surface area contributed by atoms with Gasteiger partial charge in [-0.2, -0.15) is 0 Å². The van der Waals surface area contributed by atoms with Gasteiger partial charge in [0.25, 0.3) is 11.5 Å². The molecule has 1 aromatic carbocycles. The van der Waals surface area contributed by atoms with E-state index in [1.165, 1.54) is 11.1 Å². The summed E-state index contributed by atoms with van der Waals surface area (Å²) >= 11 is 0. The molecule has 1 aliphatic carbocycles. The first-order chi connectivity index (χ1) is 13.1. The highest BCUT2D eigenvalue weighted by Crippen LogP contribution is 2.44. The zero-order valence-corrected chi connectivity index (χ0v) is 18.1. The van der Waals surface area contributed by atoms with Crippen molar-refractivity contribution in [1.29, 1.82) is 0 Å². The van der Waals surface area contributed by atoms with Crippen LogP contribution in [0.4, 0.5) is 0 Å². The van der Waals surface area contributed by atoms with Crippen LogP contribution < -0.4 is 10.9 Å². The lowest BCUT2D eigenvalue weighted by Gasteiger charge is -2.29. The summed E-state index contributed by atoms with van der Waals surface area (Å²) < 4.78 is 0. The quantitative estimate of drug-likeness (QED) is 0.761. The highest BCUT2D eigenvalue weighted by Gasteiger charge is 2.47. The van der Waals surface area contributed by atoms with Crippen LogP contribution in [0.5, 0.6) is 0 Å². The van der Waals surface area contributed by atoms with E-state index in [0.29, 0.717) is 23.9 Å². The summed E-state index contributed by atoms with van der Waals surface area (Å²) in [5.74, 6) is 0.740. The number of hydrogen-bond donors (Lipinski definition) is 2. The standard InChI is InChI=1S/C22H25N3O2.2ClH/c1-13-5-2-3-7-16(13)20-18-11-23-10-15(18)12-25(20)22(27)17-9-14-6-4-8-19(14)24-21(17)26;;/h2-3,5,7,9,15,18,20,23H,4,6,8,10-12H2,1H3,(H,24,26);2*1H/t15-,18-,20+;;/m0../s1. The molecule has 0 spiro atoms. The summed E-state index contributed by atoms with van der Waals surface area (Å²) in [6, 6.07) is 10.2. The summed E-state index contributed by atoms with van der Waals surface area (Å²) in [6.07, 6.45) is 2.90. The second kappa shape index (κ2) is 8.50. The van der Waals surface area contributed by atoms with Gasteiger partial charge in [-0.15, -0.1) is 24.8 Å². The second-order valence-electron chi connectivity index (χ2n) is 8.21. The molecule has 0 saturated carbocycles. The zero-order chi connectivity index (χ0) is 18.5. The molecule has 2 saturated heterocycles. The van der Waals surface area contributed by atoms with E-state index >= 15 is 0 Å². The van der Waals surface area contributed by atoms with Crippen LogP contribution in [0.3, 0.4) is 0 Å². The molecule has 0 radical (unpaired) electrons. The first-order valence-electron chi connectivity index (χ1n) is 9.96. The highest BCUT2D eigenvalue weighted by molar-refractivity contribution is 5.94. The molecule has 29 heavy (non-hydrogen) atoms. The minimum absolute atomic E-state index is 0. The van der Waals surface area contributed by atoms with Crippen LogP contribution >= 0.6 is 24.8 Å². The van der Waals surface area contributed by atoms with E-state index in [1.54, 1.807) is 0 Å². The Bertz CT molecular complexity index is 975. The van der Waals surface area contributed by atoms with Gasteiger partial charge in [0, 0.05) is 31.2 Å². The third-order valence-electron chi connectivity index (χ3n) is 6.65. The fourth-order valence-electron chi connectivity index (χ4n) is 5.27. The Kier molecular flexibility index (Phi) is 6.42. The van der Waals surface area contributed by atoms with Gasteiger partial charge in [0.2, 0.25) is 0 Å². The summed E-state index contributed by atoms with van der Waals surface area (Å²) in [7, 11) is 0. The van der Waals surface area contributed by atoms with Gasteiger partial charge in [0.15, 0.2) is 0 Å². The molecule has 0 bridgehead atoms. The van der Waals surface area contributed by atoms with Gasteiger partial charge >= 0.3 is 0 Å². The van der Waals surface area contributed by atoms with Gasteiger partial charge in [-0.25, -0.2) is 0 Å². The van der Waals surface area contributed by atoms with Crippen molar-refractivity contribution in [1.82, 2.24) is 15.2 Å². The molecule has 5 nitrogen and oxygen atoms in total.